The molecule has 1 fully saturated rings. The van der Waals surface area contributed by atoms with Crippen molar-refractivity contribution < 1.29 is 4.79 Å². The summed E-state index contributed by atoms with van der Waals surface area (Å²) in [6, 6.07) is 18.7. The van der Waals surface area contributed by atoms with Crippen molar-refractivity contribution in [2.24, 2.45) is 0 Å². The van der Waals surface area contributed by atoms with Crippen LogP contribution in [0.5, 0.6) is 0 Å². The zero-order valence-electron chi connectivity index (χ0n) is 14.6. The Morgan fingerprint density at radius 1 is 1.08 bits per heavy atom. The molecule has 0 saturated carbocycles. The largest absolute Gasteiger partial charge is 0.368 e. The third-order valence-electron chi connectivity index (χ3n) is 4.69. The highest BCUT2D eigenvalue weighted by molar-refractivity contribution is 5.90. The van der Waals surface area contributed by atoms with Crippen molar-refractivity contribution in [3.8, 4) is 0 Å². The van der Waals surface area contributed by atoms with E-state index in [1.54, 1.807) is 0 Å². The van der Waals surface area contributed by atoms with Crippen LogP contribution in [0.4, 0.5) is 16.2 Å². The van der Waals surface area contributed by atoms with E-state index in [0.29, 0.717) is 12.0 Å². The normalized spacial score (nSPS) is 14.4. The van der Waals surface area contributed by atoms with Crippen molar-refractivity contribution in [3.05, 3.63) is 60.2 Å². The third-order valence-corrected chi connectivity index (χ3v) is 4.69. The summed E-state index contributed by atoms with van der Waals surface area (Å²) >= 11 is 0. The molecule has 0 bridgehead atoms. The van der Waals surface area contributed by atoms with E-state index in [1.807, 2.05) is 35.2 Å². The van der Waals surface area contributed by atoms with Crippen LogP contribution in [0.2, 0.25) is 0 Å². The molecule has 24 heavy (non-hydrogen) atoms. The SMILES string of the molecule is CC(C)c1ccc(NC(=O)N2CC(N(C)c3ccccc3)C2)cc1. The highest BCUT2D eigenvalue weighted by Gasteiger charge is 2.33. The van der Waals surface area contributed by atoms with Gasteiger partial charge in [-0.1, -0.05) is 44.2 Å². The van der Waals surface area contributed by atoms with Gasteiger partial charge in [0, 0.05) is 31.5 Å². The molecule has 126 valence electrons. The van der Waals surface area contributed by atoms with E-state index in [1.165, 1.54) is 11.3 Å². The van der Waals surface area contributed by atoms with Crippen LogP contribution in [0.1, 0.15) is 25.3 Å². The Kier molecular flexibility index (Phi) is 4.74. The molecule has 2 aromatic rings. The number of hydrogen-bond acceptors (Lipinski definition) is 2. The number of carbonyl (C=O) groups excluding carboxylic acids is 1. The Bertz CT molecular complexity index is 676. The Morgan fingerprint density at radius 3 is 2.29 bits per heavy atom. The van der Waals surface area contributed by atoms with Gasteiger partial charge in [-0.2, -0.15) is 0 Å². The highest BCUT2D eigenvalue weighted by Crippen LogP contribution is 2.22. The number of likely N-dealkylation sites (tertiary alicyclic amines) is 1. The number of hydrogen-bond donors (Lipinski definition) is 1. The number of amides is 2. The van der Waals surface area contributed by atoms with E-state index < -0.39 is 0 Å². The number of nitrogens with one attached hydrogen (secondary N) is 1. The molecule has 4 nitrogen and oxygen atoms in total. The van der Waals surface area contributed by atoms with Crippen LogP contribution >= 0.6 is 0 Å². The highest BCUT2D eigenvalue weighted by atomic mass is 16.2. The molecule has 1 aliphatic rings. The molecule has 0 atom stereocenters. The molecule has 0 aromatic heterocycles. The Morgan fingerprint density at radius 2 is 1.71 bits per heavy atom. The van der Waals surface area contributed by atoms with Gasteiger partial charge in [0.1, 0.15) is 0 Å². The zero-order chi connectivity index (χ0) is 17.1. The second kappa shape index (κ2) is 6.95. The fourth-order valence-electron chi connectivity index (χ4n) is 2.89. The van der Waals surface area contributed by atoms with Crippen LogP contribution in [0, 0.1) is 0 Å². The minimum absolute atomic E-state index is 0.0231. The van der Waals surface area contributed by atoms with Crippen molar-refractivity contribution in [1.29, 1.82) is 0 Å². The number of likely N-dealkylation sites (N-methyl/N-ethyl adjacent to an activating group) is 1. The molecular weight excluding hydrogens is 298 g/mol. The van der Waals surface area contributed by atoms with Crippen molar-refractivity contribution >= 4 is 17.4 Å². The van der Waals surface area contributed by atoms with E-state index >= 15 is 0 Å². The van der Waals surface area contributed by atoms with Crippen LogP contribution in [0.3, 0.4) is 0 Å². The van der Waals surface area contributed by atoms with Crippen LogP contribution in [0.25, 0.3) is 0 Å². The molecule has 0 spiro atoms. The minimum Gasteiger partial charge on any atom is -0.368 e. The van der Waals surface area contributed by atoms with Gasteiger partial charge in [-0.15, -0.1) is 0 Å². The molecule has 4 heteroatoms. The number of anilines is 2. The number of carbonyl (C=O) groups is 1. The Labute approximate surface area is 144 Å². The fourth-order valence-corrected chi connectivity index (χ4v) is 2.89. The maximum Gasteiger partial charge on any atom is 0.321 e. The number of benzene rings is 2. The summed E-state index contributed by atoms with van der Waals surface area (Å²) in [6.45, 7) is 5.83. The number of urea groups is 1. The maximum atomic E-state index is 12.3. The van der Waals surface area contributed by atoms with Crippen LogP contribution in [0.15, 0.2) is 54.6 Å². The first-order valence-corrected chi connectivity index (χ1v) is 8.48. The van der Waals surface area contributed by atoms with Gasteiger partial charge < -0.3 is 15.1 Å². The van der Waals surface area contributed by atoms with Gasteiger partial charge in [-0.05, 0) is 35.7 Å². The van der Waals surface area contributed by atoms with E-state index in [0.717, 1.165) is 18.8 Å². The monoisotopic (exact) mass is 323 g/mol. The number of para-hydroxylation sites is 1. The molecule has 1 saturated heterocycles. The molecule has 1 N–H and O–H groups in total. The fraction of sp³-hybridized carbons (Fsp3) is 0.350. The van der Waals surface area contributed by atoms with E-state index in [4.69, 9.17) is 0 Å². The van der Waals surface area contributed by atoms with Gasteiger partial charge in [-0.3, -0.25) is 0 Å². The van der Waals surface area contributed by atoms with Gasteiger partial charge >= 0.3 is 6.03 Å². The van der Waals surface area contributed by atoms with Crippen molar-refractivity contribution in [2.75, 3.05) is 30.4 Å². The summed E-state index contributed by atoms with van der Waals surface area (Å²) in [6.07, 6.45) is 0. The van der Waals surface area contributed by atoms with Gasteiger partial charge in [0.2, 0.25) is 0 Å². The molecule has 3 rings (SSSR count). The lowest BCUT2D eigenvalue weighted by molar-refractivity contribution is 0.163. The van der Waals surface area contributed by atoms with Crippen LogP contribution in [-0.2, 0) is 0 Å². The third kappa shape index (κ3) is 3.53. The molecule has 1 aliphatic heterocycles. The number of nitrogens with zero attached hydrogens (tertiary/aromatic N) is 2. The molecule has 0 aliphatic carbocycles. The van der Waals surface area contributed by atoms with Crippen molar-refractivity contribution in [2.45, 2.75) is 25.8 Å². The quantitative estimate of drug-likeness (QED) is 0.917. The Hall–Kier alpha value is -2.49. The van der Waals surface area contributed by atoms with Gasteiger partial charge in [-0.25, -0.2) is 4.79 Å². The first-order chi connectivity index (χ1) is 11.5. The summed E-state index contributed by atoms with van der Waals surface area (Å²) in [5.41, 5.74) is 3.32. The number of rotatable bonds is 4. The van der Waals surface area contributed by atoms with E-state index in [9.17, 15) is 4.79 Å². The summed E-state index contributed by atoms with van der Waals surface area (Å²) in [7, 11) is 2.08. The van der Waals surface area contributed by atoms with Gasteiger partial charge in [0.05, 0.1) is 6.04 Å². The molecule has 2 aromatic carbocycles. The molecule has 0 radical (unpaired) electrons. The molecule has 2 amide bonds. The smallest absolute Gasteiger partial charge is 0.321 e. The summed E-state index contributed by atoms with van der Waals surface area (Å²) < 4.78 is 0. The average Bonchev–Trinajstić information content (AvgIpc) is 2.54. The average molecular weight is 323 g/mol. The zero-order valence-corrected chi connectivity index (χ0v) is 14.6. The lowest BCUT2D eigenvalue weighted by Crippen LogP contribution is -2.61. The lowest BCUT2D eigenvalue weighted by Gasteiger charge is -2.44. The molecule has 0 unspecified atom stereocenters. The minimum atomic E-state index is -0.0231. The standard InChI is InChI=1S/C20H25N3O/c1-15(2)16-9-11-17(12-10-16)21-20(24)23-13-19(14-23)22(3)18-7-5-4-6-8-18/h4-12,15,19H,13-14H2,1-3H3,(H,21,24). The predicted octanol–water partition coefficient (Wildman–Crippen LogP) is 4.16. The second-order valence-corrected chi connectivity index (χ2v) is 6.71. The summed E-state index contributed by atoms with van der Waals surface area (Å²) in [4.78, 5) is 16.4. The van der Waals surface area contributed by atoms with Crippen molar-refractivity contribution in [1.82, 2.24) is 4.90 Å². The molecular formula is C20H25N3O. The lowest BCUT2D eigenvalue weighted by atomic mass is 10.0. The topological polar surface area (TPSA) is 35.6 Å². The van der Waals surface area contributed by atoms with Crippen molar-refractivity contribution in [3.63, 3.8) is 0 Å². The van der Waals surface area contributed by atoms with E-state index in [2.05, 4.69) is 55.4 Å². The van der Waals surface area contributed by atoms with Gasteiger partial charge in [0.15, 0.2) is 0 Å². The summed E-state index contributed by atoms with van der Waals surface area (Å²) in [5.74, 6) is 0.499. The van der Waals surface area contributed by atoms with Crippen LogP contribution < -0.4 is 10.2 Å². The van der Waals surface area contributed by atoms with Crippen LogP contribution in [-0.4, -0.2) is 37.1 Å². The predicted molar refractivity (Wildman–Crippen MR) is 99.8 cm³/mol. The summed E-state index contributed by atoms with van der Waals surface area (Å²) in [5, 5.41) is 2.98. The Balaban J connectivity index is 1.51. The van der Waals surface area contributed by atoms with Gasteiger partial charge in [0.25, 0.3) is 0 Å². The first kappa shape index (κ1) is 16.4. The molecule has 1 heterocycles. The maximum absolute atomic E-state index is 12.3. The first-order valence-electron chi connectivity index (χ1n) is 8.48. The van der Waals surface area contributed by atoms with E-state index in [-0.39, 0.29) is 6.03 Å². The second-order valence-electron chi connectivity index (χ2n) is 6.71.